The molecule has 10 heteroatoms. The van der Waals surface area contributed by atoms with E-state index in [1.165, 1.54) is 13.2 Å². The molecule has 9 nitrogen and oxygen atoms in total. The van der Waals surface area contributed by atoms with Gasteiger partial charge in [-0.3, -0.25) is 5.10 Å². The van der Waals surface area contributed by atoms with Gasteiger partial charge < -0.3 is 19.5 Å². The number of H-pyrrole nitrogens is 1. The molecule has 1 amide bonds. The number of ether oxygens (including phenoxy) is 1. The SMILES string of the molecule is COC(=O)NCCCN1CCC(c2nc(-c3c(F)ccc4[nH]ncc34)no2)CC1. The zero-order chi connectivity index (χ0) is 20.2. The van der Waals surface area contributed by atoms with Gasteiger partial charge in [0.25, 0.3) is 0 Å². The minimum Gasteiger partial charge on any atom is -0.453 e. The zero-order valence-electron chi connectivity index (χ0n) is 16.2. The lowest BCUT2D eigenvalue weighted by molar-refractivity contribution is 0.168. The molecule has 1 saturated heterocycles. The first-order chi connectivity index (χ1) is 14.2. The Kier molecular flexibility index (Phi) is 5.70. The average Bonchev–Trinajstić information content (AvgIpc) is 3.41. The molecule has 4 rings (SSSR count). The third-order valence-electron chi connectivity index (χ3n) is 5.28. The Bertz CT molecular complexity index is 979. The molecule has 3 heterocycles. The number of amides is 1. The van der Waals surface area contributed by atoms with Crippen LogP contribution >= 0.6 is 0 Å². The molecule has 1 aliphatic heterocycles. The largest absolute Gasteiger partial charge is 0.453 e. The standard InChI is InChI=1S/C19H23FN6O3/c1-28-19(27)21-7-2-8-26-9-5-12(6-10-26)18-23-17(25-29-18)16-13-11-22-24-15(13)4-3-14(16)20/h3-4,11-12H,2,5-10H2,1H3,(H,21,27)(H,22,24). The van der Waals surface area contributed by atoms with Crippen molar-refractivity contribution >= 4 is 17.0 Å². The van der Waals surface area contributed by atoms with Gasteiger partial charge >= 0.3 is 6.09 Å². The second-order valence-corrected chi connectivity index (χ2v) is 7.10. The quantitative estimate of drug-likeness (QED) is 0.610. The Labute approximate surface area is 166 Å². The van der Waals surface area contributed by atoms with E-state index in [4.69, 9.17) is 4.52 Å². The van der Waals surface area contributed by atoms with Gasteiger partial charge in [-0.05, 0) is 51.0 Å². The molecule has 0 bridgehead atoms. The Morgan fingerprint density at radius 2 is 2.24 bits per heavy atom. The highest BCUT2D eigenvalue weighted by Crippen LogP contribution is 2.32. The number of hydrogen-bond donors (Lipinski definition) is 2. The van der Waals surface area contributed by atoms with Gasteiger partial charge in [0, 0.05) is 17.8 Å². The summed E-state index contributed by atoms with van der Waals surface area (Å²) in [6.45, 7) is 3.31. The van der Waals surface area contributed by atoms with Gasteiger partial charge in [0.15, 0.2) is 0 Å². The van der Waals surface area contributed by atoms with E-state index in [0.717, 1.165) is 44.4 Å². The van der Waals surface area contributed by atoms with Crippen molar-refractivity contribution in [1.82, 2.24) is 30.6 Å². The van der Waals surface area contributed by atoms with Crippen LogP contribution in [0.2, 0.25) is 0 Å². The minimum atomic E-state index is -0.404. The van der Waals surface area contributed by atoms with E-state index in [2.05, 4.69) is 35.3 Å². The van der Waals surface area contributed by atoms with Gasteiger partial charge in [-0.25, -0.2) is 9.18 Å². The van der Waals surface area contributed by atoms with Crippen molar-refractivity contribution in [2.75, 3.05) is 33.3 Å². The number of nitrogens with one attached hydrogen (secondary N) is 2. The Morgan fingerprint density at radius 1 is 1.41 bits per heavy atom. The Morgan fingerprint density at radius 3 is 3.03 bits per heavy atom. The molecule has 3 aromatic rings. The third-order valence-corrected chi connectivity index (χ3v) is 5.28. The molecule has 1 fully saturated rings. The van der Waals surface area contributed by atoms with E-state index in [9.17, 15) is 9.18 Å². The van der Waals surface area contributed by atoms with Crippen molar-refractivity contribution in [2.24, 2.45) is 0 Å². The molecule has 1 aliphatic rings. The maximum Gasteiger partial charge on any atom is 0.406 e. The third kappa shape index (κ3) is 4.21. The first kappa shape index (κ1) is 19.3. The van der Waals surface area contributed by atoms with Gasteiger partial charge in [-0.2, -0.15) is 10.1 Å². The number of aromatic nitrogens is 4. The first-order valence-corrected chi connectivity index (χ1v) is 9.65. The van der Waals surface area contributed by atoms with Crippen LogP contribution in [0.4, 0.5) is 9.18 Å². The van der Waals surface area contributed by atoms with Crippen LogP contribution in [0.5, 0.6) is 0 Å². The van der Waals surface area contributed by atoms with Gasteiger partial charge in [-0.1, -0.05) is 5.16 Å². The molecule has 0 aliphatic carbocycles. The highest BCUT2D eigenvalue weighted by atomic mass is 19.1. The van der Waals surface area contributed by atoms with E-state index in [1.54, 1.807) is 12.3 Å². The van der Waals surface area contributed by atoms with Crippen molar-refractivity contribution in [3.8, 4) is 11.4 Å². The first-order valence-electron chi connectivity index (χ1n) is 9.65. The fourth-order valence-electron chi connectivity index (χ4n) is 3.69. The molecule has 0 radical (unpaired) electrons. The number of rotatable bonds is 6. The molecule has 0 spiro atoms. The van der Waals surface area contributed by atoms with Crippen LogP contribution < -0.4 is 5.32 Å². The number of carbonyl (C=O) groups is 1. The fourth-order valence-corrected chi connectivity index (χ4v) is 3.69. The van der Waals surface area contributed by atoms with Crippen LogP contribution in [0.25, 0.3) is 22.3 Å². The topological polar surface area (TPSA) is 109 Å². The molecule has 154 valence electrons. The summed E-state index contributed by atoms with van der Waals surface area (Å²) in [6, 6.07) is 3.01. The number of methoxy groups -OCH3 is 1. The highest BCUT2D eigenvalue weighted by Gasteiger charge is 2.26. The van der Waals surface area contributed by atoms with Crippen LogP contribution in [0.3, 0.4) is 0 Å². The second kappa shape index (κ2) is 8.56. The van der Waals surface area contributed by atoms with E-state index < -0.39 is 11.9 Å². The molecule has 2 aromatic heterocycles. The Balaban J connectivity index is 1.35. The number of fused-ring (bicyclic) bond motifs is 1. The lowest BCUT2D eigenvalue weighted by Gasteiger charge is -2.30. The Hall–Kier alpha value is -3.01. The number of nitrogens with zero attached hydrogens (tertiary/aromatic N) is 4. The highest BCUT2D eigenvalue weighted by molar-refractivity contribution is 5.92. The van der Waals surface area contributed by atoms with Crippen molar-refractivity contribution < 1.29 is 18.4 Å². The van der Waals surface area contributed by atoms with Crippen LogP contribution in [-0.2, 0) is 4.74 Å². The van der Waals surface area contributed by atoms with E-state index >= 15 is 0 Å². The number of piperidine rings is 1. The van der Waals surface area contributed by atoms with Crippen molar-refractivity contribution in [2.45, 2.75) is 25.2 Å². The van der Waals surface area contributed by atoms with Crippen LogP contribution in [-0.4, -0.2) is 64.6 Å². The van der Waals surface area contributed by atoms with Gasteiger partial charge in [0.05, 0.1) is 24.4 Å². The smallest absolute Gasteiger partial charge is 0.406 e. The molecular weight excluding hydrogens is 379 g/mol. The summed E-state index contributed by atoms with van der Waals surface area (Å²) in [6.07, 6.45) is 3.81. The number of likely N-dealkylation sites (tertiary alicyclic amines) is 1. The predicted octanol–water partition coefficient (Wildman–Crippen LogP) is 2.68. The van der Waals surface area contributed by atoms with Crippen LogP contribution in [0, 0.1) is 5.82 Å². The van der Waals surface area contributed by atoms with Gasteiger partial charge in [0.1, 0.15) is 5.82 Å². The molecule has 29 heavy (non-hydrogen) atoms. The fraction of sp³-hybridized carbons (Fsp3) is 0.474. The molecule has 2 N–H and O–H groups in total. The lowest BCUT2D eigenvalue weighted by Crippen LogP contribution is -2.35. The average molecular weight is 402 g/mol. The van der Waals surface area contributed by atoms with E-state index in [-0.39, 0.29) is 11.7 Å². The number of alkyl carbamates (subject to hydrolysis) is 1. The number of hydrogen-bond acceptors (Lipinski definition) is 7. The van der Waals surface area contributed by atoms with Crippen molar-refractivity contribution in [3.05, 3.63) is 30.0 Å². The lowest BCUT2D eigenvalue weighted by atomic mass is 9.96. The van der Waals surface area contributed by atoms with Crippen LogP contribution in [0.15, 0.2) is 22.9 Å². The van der Waals surface area contributed by atoms with Crippen LogP contribution in [0.1, 0.15) is 31.1 Å². The van der Waals surface area contributed by atoms with Gasteiger partial charge in [0.2, 0.25) is 11.7 Å². The second-order valence-electron chi connectivity index (χ2n) is 7.10. The van der Waals surface area contributed by atoms with Crippen molar-refractivity contribution in [1.29, 1.82) is 0 Å². The normalized spacial score (nSPS) is 15.7. The monoisotopic (exact) mass is 402 g/mol. The molecular formula is C19H23FN6O3. The molecule has 0 saturated carbocycles. The van der Waals surface area contributed by atoms with Gasteiger partial charge in [-0.15, -0.1) is 0 Å². The maximum absolute atomic E-state index is 14.4. The van der Waals surface area contributed by atoms with Crippen molar-refractivity contribution in [3.63, 3.8) is 0 Å². The maximum atomic E-state index is 14.4. The summed E-state index contributed by atoms with van der Waals surface area (Å²) in [5, 5.41) is 14.1. The minimum absolute atomic E-state index is 0.160. The zero-order valence-corrected chi connectivity index (χ0v) is 16.2. The summed E-state index contributed by atoms with van der Waals surface area (Å²) >= 11 is 0. The number of halogens is 1. The molecule has 0 atom stereocenters. The predicted molar refractivity (Wildman–Crippen MR) is 103 cm³/mol. The summed E-state index contributed by atoms with van der Waals surface area (Å²) < 4.78 is 24.4. The molecule has 0 unspecified atom stereocenters. The number of aromatic amines is 1. The summed E-state index contributed by atoms with van der Waals surface area (Å²) in [5.41, 5.74) is 1.03. The molecule has 1 aromatic carbocycles. The summed E-state index contributed by atoms with van der Waals surface area (Å²) in [5.74, 6) is 0.557. The summed E-state index contributed by atoms with van der Waals surface area (Å²) in [7, 11) is 1.35. The number of carbonyl (C=O) groups excluding carboxylic acids is 1. The number of benzene rings is 1. The van der Waals surface area contributed by atoms with E-state index in [0.29, 0.717) is 23.4 Å². The summed E-state index contributed by atoms with van der Waals surface area (Å²) in [4.78, 5) is 17.9. The van der Waals surface area contributed by atoms with E-state index in [1.807, 2.05) is 0 Å².